The van der Waals surface area contributed by atoms with E-state index in [2.05, 4.69) is 54.8 Å². The molecule has 1 saturated heterocycles. The van der Waals surface area contributed by atoms with E-state index in [0.29, 0.717) is 24.4 Å². The molecule has 29 heavy (non-hydrogen) atoms. The molecule has 0 radical (unpaired) electrons. The largest absolute Gasteiger partial charge is 0.357 e. The van der Waals surface area contributed by atoms with Gasteiger partial charge in [0.05, 0.1) is 0 Å². The molecule has 2 rings (SSSR count). The fourth-order valence-electron chi connectivity index (χ4n) is 3.85. The van der Waals surface area contributed by atoms with E-state index in [0.717, 1.165) is 63.6 Å². The average Bonchev–Trinajstić information content (AvgIpc) is 3.14. The van der Waals surface area contributed by atoms with Gasteiger partial charge < -0.3 is 20.1 Å². The molecular weight excluding hydrogens is 364 g/mol. The van der Waals surface area contributed by atoms with Crippen LogP contribution in [0.1, 0.15) is 66.1 Å². The van der Waals surface area contributed by atoms with E-state index >= 15 is 0 Å². The van der Waals surface area contributed by atoms with Crippen molar-refractivity contribution in [1.29, 1.82) is 0 Å². The molecule has 7 heteroatoms. The summed E-state index contributed by atoms with van der Waals surface area (Å²) in [5, 5.41) is 6.90. The van der Waals surface area contributed by atoms with Crippen LogP contribution in [0.25, 0.3) is 0 Å². The molecule has 1 amide bonds. The molecule has 2 N–H and O–H groups in total. The Morgan fingerprint density at radius 3 is 2.52 bits per heavy atom. The summed E-state index contributed by atoms with van der Waals surface area (Å²) in [4.78, 5) is 23.9. The molecule has 0 bridgehead atoms. The van der Waals surface area contributed by atoms with Gasteiger partial charge in [-0.05, 0) is 38.5 Å². The van der Waals surface area contributed by atoms with Crippen LogP contribution < -0.4 is 10.6 Å². The van der Waals surface area contributed by atoms with Crippen LogP contribution in [0.2, 0.25) is 0 Å². The molecule has 1 aliphatic heterocycles. The Morgan fingerprint density at radius 1 is 1.24 bits per heavy atom. The minimum Gasteiger partial charge on any atom is -0.357 e. The predicted molar refractivity (Wildman–Crippen MR) is 119 cm³/mol. The Labute approximate surface area is 176 Å². The van der Waals surface area contributed by atoms with Crippen molar-refractivity contribution in [3.05, 3.63) is 18.2 Å². The fraction of sp³-hybridized carbons (Fsp3) is 0.773. The maximum atomic E-state index is 12.6. The van der Waals surface area contributed by atoms with Gasteiger partial charge in [0, 0.05) is 50.5 Å². The molecule has 0 spiro atoms. The lowest BCUT2D eigenvalue weighted by atomic mass is 9.98. The third-order valence-electron chi connectivity index (χ3n) is 5.57. The van der Waals surface area contributed by atoms with Crippen LogP contribution in [0.4, 0.5) is 0 Å². The number of aromatic nitrogens is 2. The van der Waals surface area contributed by atoms with Gasteiger partial charge in [-0.3, -0.25) is 4.79 Å². The molecule has 0 unspecified atom stereocenters. The van der Waals surface area contributed by atoms with Crippen molar-refractivity contribution in [2.45, 2.75) is 79.4 Å². The van der Waals surface area contributed by atoms with Crippen molar-refractivity contribution in [3.8, 4) is 0 Å². The number of guanidine groups is 1. The van der Waals surface area contributed by atoms with Crippen LogP contribution in [0.5, 0.6) is 0 Å². The third kappa shape index (κ3) is 7.05. The van der Waals surface area contributed by atoms with Crippen molar-refractivity contribution in [2.75, 3.05) is 19.6 Å². The van der Waals surface area contributed by atoms with Crippen molar-refractivity contribution < 1.29 is 4.79 Å². The maximum Gasteiger partial charge on any atom is 0.225 e. The van der Waals surface area contributed by atoms with Crippen molar-refractivity contribution in [1.82, 2.24) is 25.1 Å². The van der Waals surface area contributed by atoms with E-state index in [1.165, 1.54) is 0 Å². The van der Waals surface area contributed by atoms with Crippen LogP contribution in [-0.4, -0.2) is 52.0 Å². The number of hydrogen-bond acceptors (Lipinski definition) is 3. The highest BCUT2D eigenvalue weighted by atomic mass is 16.2. The van der Waals surface area contributed by atoms with E-state index in [9.17, 15) is 4.79 Å². The summed E-state index contributed by atoms with van der Waals surface area (Å²) in [5.41, 5.74) is 0. The lowest BCUT2D eigenvalue weighted by Crippen LogP contribution is -2.50. The maximum absolute atomic E-state index is 12.6. The predicted octanol–water partition coefficient (Wildman–Crippen LogP) is 3.02. The molecule has 1 fully saturated rings. The number of aliphatic imine (C=N–C) groups is 1. The van der Waals surface area contributed by atoms with E-state index in [1.807, 2.05) is 17.3 Å². The zero-order valence-electron chi connectivity index (χ0n) is 18.9. The van der Waals surface area contributed by atoms with Gasteiger partial charge in [0.15, 0.2) is 5.96 Å². The average molecular weight is 405 g/mol. The summed E-state index contributed by atoms with van der Waals surface area (Å²) >= 11 is 0. The Hall–Kier alpha value is -2.05. The van der Waals surface area contributed by atoms with Gasteiger partial charge in [0.1, 0.15) is 12.4 Å². The van der Waals surface area contributed by atoms with Crippen LogP contribution in [0.15, 0.2) is 17.4 Å². The minimum atomic E-state index is 0.174. The zero-order chi connectivity index (χ0) is 21.2. The highest BCUT2D eigenvalue weighted by molar-refractivity contribution is 5.80. The van der Waals surface area contributed by atoms with Gasteiger partial charge in [0.2, 0.25) is 5.91 Å². The van der Waals surface area contributed by atoms with Crippen LogP contribution in [-0.2, 0) is 17.9 Å². The van der Waals surface area contributed by atoms with Crippen molar-refractivity contribution in [3.63, 3.8) is 0 Å². The number of nitrogens with zero attached hydrogens (tertiary/aromatic N) is 4. The molecule has 1 aromatic rings. The Bertz CT molecular complexity index is 641. The summed E-state index contributed by atoms with van der Waals surface area (Å²) < 4.78 is 2.18. The molecule has 1 aliphatic rings. The van der Waals surface area contributed by atoms with Crippen molar-refractivity contribution >= 4 is 11.9 Å². The molecule has 0 atom stereocenters. The highest BCUT2D eigenvalue weighted by Crippen LogP contribution is 2.17. The molecule has 0 aromatic carbocycles. The number of likely N-dealkylation sites (tertiary alicyclic amines) is 1. The lowest BCUT2D eigenvalue weighted by molar-refractivity contribution is -0.136. The van der Waals surface area contributed by atoms with Gasteiger partial charge in [-0.15, -0.1) is 0 Å². The SMILES string of the molecule is CCNC(=NCc1nccn1CC(C)C)NC1CCN(C(=O)C(CC)CC)CC1. The Morgan fingerprint density at radius 2 is 1.93 bits per heavy atom. The zero-order valence-corrected chi connectivity index (χ0v) is 18.9. The van der Waals surface area contributed by atoms with Crippen LogP contribution >= 0.6 is 0 Å². The summed E-state index contributed by atoms with van der Waals surface area (Å²) in [5.74, 6) is 2.89. The van der Waals surface area contributed by atoms with Gasteiger partial charge in [-0.1, -0.05) is 27.7 Å². The quantitative estimate of drug-likeness (QED) is 0.490. The normalized spacial score (nSPS) is 16.0. The summed E-state index contributed by atoms with van der Waals surface area (Å²) in [7, 11) is 0. The monoisotopic (exact) mass is 404 g/mol. The molecular formula is C22H40N6O. The molecule has 164 valence electrons. The first-order valence-corrected chi connectivity index (χ1v) is 11.3. The van der Waals surface area contributed by atoms with Gasteiger partial charge in [-0.25, -0.2) is 9.98 Å². The highest BCUT2D eigenvalue weighted by Gasteiger charge is 2.26. The summed E-state index contributed by atoms with van der Waals surface area (Å²) in [6, 6.07) is 0.342. The number of amides is 1. The van der Waals surface area contributed by atoms with E-state index in [1.54, 1.807) is 0 Å². The first-order valence-electron chi connectivity index (χ1n) is 11.3. The molecule has 1 aromatic heterocycles. The second kappa shape index (κ2) is 11.8. The Kier molecular flexibility index (Phi) is 9.48. The second-order valence-electron chi connectivity index (χ2n) is 8.34. The standard InChI is InChI=1S/C22H40N6O/c1-6-18(7-2)21(29)27-12-9-19(10-13-27)26-22(23-8-3)25-15-20-24-11-14-28(20)16-17(4)5/h11,14,17-19H,6-10,12-13,15-16H2,1-5H3,(H2,23,25,26). The number of piperidine rings is 1. The van der Waals surface area contributed by atoms with E-state index < -0.39 is 0 Å². The number of nitrogens with one attached hydrogen (secondary N) is 2. The summed E-state index contributed by atoms with van der Waals surface area (Å²) in [6.45, 7) is 14.7. The number of carbonyl (C=O) groups is 1. The number of carbonyl (C=O) groups excluding carboxylic acids is 1. The minimum absolute atomic E-state index is 0.174. The molecule has 7 nitrogen and oxygen atoms in total. The van der Waals surface area contributed by atoms with E-state index in [-0.39, 0.29) is 5.92 Å². The van der Waals surface area contributed by atoms with E-state index in [4.69, 9.17) is 4.99 Å². The van der Waals surface area contributed by atoms with Gasteiger partial charge >= 0.3 is 0 Å². The number of imidazole rings is 1. The Balaban J connectivity index is 1.90. The van der Waals surface area contributed by atoms with Crippen molar-refractivity contribution in [2.24, 2.45) is 16.8 Å². The van der Waals surface area contributed by atoms with Crippen LogP contribution in [0.3, 0.4) is 0 Å². The molecule has 0 saturated carbocycles. The summed E-state index contributed by atoms with van der Waals surface area (Å²) in [6.07, 6.45) is 7.64. The first-order chi connectivity index (χ1) is 14.0. The third-order valence-corrected chi connectivity index (χ3v) is 5.57. The second-order valence-corrected chi connectivity index (χ2v) is 8.34. The van der Waals surface area contributed by atoms with Crippen LogP contribution in [0, 0.1) is 11.8 Å². The lowest BCUT2D eigenvalue weighted by Gasteiger charge is -2.34. The smallest absolute Gasteiger partial charge is 0.225 e. The fourth-order valence-corrected chi connectivity index (χ4v) is 3.85. The van der Waals surface area contributed by atoms with Gasteiger partial charge in [-0.2, -0.15) is 0 Å². The molecule has 2 heterocycles. The molecule has 0 aliphatic carbocycles. The first kappa shape index (κ1) is 23.2. The number of hydrogen-bond donors (Lipinski definition) is 2. The number of rotatable bonds is 9. The van der Waals surface area contributed by atoms with Gasteiger partial charge in [0.25, 0.3) is 0 Å². The topological polar surface area (TPSA) is 74.6 Å².